The molecule has 25 heavy (non-hydrogen) atoms. The van der Waals surface area contributed by atoms with E-state index in [1.165, 1.54) is 24.3 Å². The molecule has 0 aliphatic carbocycles. The number of rotatable bonds is 6. The SMILES string of the molecule is NC(=NCCCN1CCC(O)CC1)Nc1ccc(OC(F)(F)F)cc1. The van der Waals surface area contributed by atoms with Gasteiger partial charge in [0.15, 0.2) is 5.96 Å². The zero-order valence-corrected chi connectivity index (χ0v) is 13.8. The third kappa shape index (κ3) is 7.61. The van der Waals surface area contributed by atoms with Crippen molar-refractivity contribution in [3.05, 3.63) is 24.3 Å². The minimum absolute atomic E-state index is 0.179. The van der Waals surface area contributed by atoms with Gasteiger partial charge in [0.2, 0.25) is 0 Å². The molecule has 0 atom stereocenters. The first-order chi connectivity index (χ1) is 11.8. The summed E-state index contributed by atoms with van der Waals surface area (Å²) in [7, 11) is 0. The topological polar surface area (TPSA) is 83.1 Å². The summed E-state index contributed by atoms with van der Waals surface area (Å²) in [6.07, 6.45) is -2.43. The third-order valence-electron chi connectivity index (χ3n) is 3.83. The van der Waals surface area contributed by atoms with Crippen LogP contribution in [0, 0.1) is 0 Å². The van der Waals surface area contributed by atoms with Crippen molar-refractivity contribution in [2.45, 2.75) is 31.7 Å². The molecule has 6 nitrogen and oxygen atoms in total. The molecule has 1 heterocycles. The van der Waals surface area contributed by atoms with Crippen molar-refractivity contribution in [3.8, 4) is 5.75 Å². The van der Waals surface area contributed by atoms with Crippen LogP contribution >= 0.6 is 0 Å². The second-order valence-electron chi connectivity index (χ2n) is 5.89. The van der Waals surface area contributed by atoms with Gasteiger partial charge in [-0.05, 0) is 50.1 Å². The Hall–Kier alpha value is -2.00. The first-order valence-electron chi connectivity index (χ1n) is 8.15. The molecule has 1 aromatic carbocycles. The molecule has 2 rings (SSSR count). The third-order valence-corrected chi connectivity index (χ3v) is 3.83. The smallest absolute Gasteiger partial charge is 0.406 e. The van der Waals surface area contributed by atoms with Crippen LogP contribution in [0.15, 0.2) is 29.3 Å². The Kier molecular flexibility index (Phi) is 6.89. The van der Waals surface area contributed by atoms with E-state index in [-0.39, 0.29) is 17.8 Å². The Morgan fingerprint density at radius 3 is 2.52 bits per heavy atom. The summed E-state index contributed by atoms with van der Waals surface area (Å²) >= 11 is 0. The maximum atomic E-state index is 12.1. The number of ether oxygens (including phenoxy) is 1. The minimum Gasteiger partial charge on any atom is -0.406 e. The first-order valence-corrected chi connectivity index (χ1v) is 8.15. The van der Waals surface area contributed by atoms with E-state index in [2.05, 4.69) is 19.9 Å². The number of benzene rings is 1. The van der Waals surface area contributed by atoms with Gasteiger partial charge in [-0.2, -0.15) is 0 Å². The number of likely N-dealkylation sites (tertiary alicyclic amines) is 1. The van der Waals surface area contributed by atoms with E-state index < -0.39 is 6.36 Å². The zero-order chi connectivity index (χ0) is 18.3. The Balaban J connectivity index is 1.70. The van der Waals surface area contributed by atoms with Gasteiger partial charge in [-0.3, -0.25) is 4.99 Å². The number of alkyl halides is 3. The maximum Gasteiger partial charge on any atom is 0.573 e. The minimum atomic E-state index is -4.71. The van der Waals surface area contributed by atoms with Gasteiger partial charge in [0.05, 0.1) is 6.10 Å². The van der Waals surface area contributed by atoms with E-state index in [1.54, 1.807) is 0 Å². The number of aliphatic hydroxyl groups excluding tert-OH is 1. The van der Waals surface area contributed by atoms with Gasteiger partial charge < -0.3 is 25.8 Å². The highest BCUT2D eigenvalue weighted by atomic mass is 19.4. The standard InChI is InChI=1S/C16H23F3N4O2/c17-16(18,19)25-14-4-2-12(3-5-14)22-15(20)21-8-1-9-23-10-6-13(24)7-11-23/h2-5,13,24H,1,6-11H2,(H3,20,21,22). The number of halogens is 3. The Morgan fingerprint density at radius 1 is 1.28 bits per heavy atom. The predicted molar refractivity (Wildman–Crippen MR) is 89.5 cm³/mol. The number of aliphatic hydroxyl groups is 1. The molecule has 0 spiro atoms. The van der Waals surface area contributed by atoms with E-state index in [9.17, 15) is 18.3 Å². The number of aliphatic imine (C=N–C) groups is 1. The van der Waals surface area contributed by atoms with Crippen LogP contribution in [-0.2, 0) is 0 Å². The summed E-state index contributed by atoms with van der Waals surface area (Å²) in [6, 6.07) is 5.27. The summed E-state index contributed by atoms with van der Waals surface area (Å²) in [6.45, 7) is 3.23. The lowest BCUT2D eigenvalue weighted by molar-refractivity contribution is -0.274. The van der Waals surface area contributed by atoms with Gasteiger partial charge in [0, 0.05) is 25.3 Å². The van der Waals surface area contributed by atoms with E-state index in [0.29, 0.717) is 12.2 Å². The maximum absolute atomic E-state index is 12.1. The number of nitrogens with one attached hydrogen (secondary N) is 1. The average Bonchev–Trinajstić information content (AvgIpc) is 2.54. The van der Waals surface area contributed by atoms with Gasteiger partial charge in [0.25, 0.3) is 0 Å². The molecule has 1 aliphatic rings. The van der Waals surface area contributed by atoms with E-state index in [4.69, 9.17) is 5.73 Å². The fourth-order valence-corrected chi connectivity index (χ4v) is 2.56. The summed E-state index contributed by atoms with van der Waals surface area (Å²) in [5.74, 6) is -0.0845. The number of guanidine groups is 1. The number of nitrogens with zero attached hydrogens (tertiary/aromatic N) is 2. The van der Waals surface area contributed by atoms with Crippen LogP contribution in [0.3, 0.4) is 0 Å². The Bertz CT molecular complexity index is 555. The van der Waals surface area contributed by atoms with Crippen molar-refractivity contribution in [2.75, 3.05) is 31.5 Å². The normalized spacial score (nSPS) is 17.5. The predicted octanol–water partition coefficient (Wildman–Crippen LogP) is 2.16. The first kappa shape index (κ1) is 19.3. The largest absolute Gasteiger partial charge is 0.573 e. The summed E-state index contributed by atoms with van der Waals surface area (Å²) in [5, 5.41) is 12.3. The molecular weight excluding hydrogens is 337 g/mol. The van der Waals surface area contributed by atoms with E-state index in [1.807, 2.05) is 0 Å². The molecule has 0 bridgehead atoms. The molecule has 1 aliphatic heterocycles. The molecule has 0 aromatic heterocycles. The van der Waals surface area contributed by atoms with Crippen molar-refractivity contribution in [2.24, 2.45) is 10.7 Å². The molecule has 9 heteroatoms. The van der Waals surface area contributed by atoms with Crippen molar-refractivity contribution >= 4 is 11.6 Å². The Morgan fingerprint density at radius 2 is 1.92 bits per heavy atom. The van der Waals surface area contributed by atoms with Gasteiger partial charge >= 0.3 is 6.36 Å². The fraction of sp³-hybridized carbons (Fsp3) is 0.562. The lowest BCUT2D eigenvalue weighted by Gasteiger charge is -2.29. The summed E-state index contributed by atoms with van der Waals surface area (Å²) in [5.41, 5.74) is 6.29. The molecular formula is C16H23F3N4O2. The molecule has 1 aromatic rings. The van der Waals surface area contributed by atoms with Crippen LogP contribution in [0.25, 0.3) is 0 Å². The number of hydrogen-bond donors (Lipinski definition) is 3. The van der Waals surface area contributed by atoms with Crippen molar-refractivity contribution in [1.29, 1.82) is 0 Å². The van der Waals surface area contributed by atoms with E-state index in [0.717, 1.165) is 38.9 Å². The monoisotopic (exact) mass is 360 g/mol. The van der Waals surface area contributed by atoms with Crippen molar-refractivity contribution < 1.29 is 23.0 Å². The quantitative estimate of drug-likeness (QED) is 0.411. The Labute approximate surface area is 144 Å². The highest BCUT2D eigenvalue weighted by molar-refractivity contribution is 5.92. The molecule has 4 N–H and O–H groups in total. The van der Waals surface area contributed by atoms with Gasteiger partial charge in [0.1, 0.15) is 5.75 Å². The highest BCUT2D eigenvalue weighted by Crippen LogP contribution is 2.23. The van der Waals surface area contributed by atoms with Crippen molar-refractivity contribution in [3.63, 3.8) is 0 Å². The lowest BCUT2D eigenvalue weighted by Crippen LogP contribution is -2.36. The molecule has 0 amide bonds. The van der Waals surface area contributed by atoms with E-state index >= 15 is 0 Å². The number of nitrogens with two attached hydrogens (primary N) is 1. The fourth-order valence-electron chi connectivity index (χ4n) is 2.56. The van der Waals surface area contributed by atoms with Crippen molar-refractivity contribution in [1.82, 2.24) is 4.90 Å². The molecule has 140 valence electrons. The molecule has 0 unspecified atom stereocenters. The average molecular weight is 360 g/mol. The zero-order valence-electron chi connectivity index (χ0n) is 13.8. The van der Waals surface area contributed by atoms with Gasteiger partial charge in [-0.15, -0.1) is 13.2 Å². The van der Waals surface area contributed by atoms with Gasteiger partial charge in [-0.25, -0.2) is 0 Å². The summed E-state index contributed by atoms with van der Waals surface area (Å²) < 4.78 is 40.1. The highest BCUT2D eigenvalue weighted by Gasteiger charge is 2.30. The van der Waals surface area contributed by atoms with Crippen LogP contribution in [0.2, 0.25) is 0 Å². The number of hydrogen-bond acceptors (Lipinski definition) is 4. The molecule has 1 fully saturated rings. The lowest BCUT2D eigenvalue weighted by atomic mass is 10.1. The molecule has 1 saturated heterocycles. The van der Waals surface area contributed by atoms with Crippen LogP contribution in [0.1, 0.15) is 19.3 Å². The van der Waals surface area contributed by atoms with Crippen LogP contribution in [-0.4, -0.2) is 54.6 Å². The molecule has 0 radical (unpaired) electrons. The second kappa shape index (κ2) is 8.91. The van der Waals surface area contributed by atoms with Crippen LogP contribution in [0.4, 0.5) is 18.9 Å². The second-order valence-corrected chi connectivity index (χ2v) is 5.89. The molecule has 0 saturated carbocycles. The van der Waals surface area contributed by atoms with Crippen LogP contribution < -0.4 is 15.8 Å². The number of anilines is 1. The van der Waals surface area contributed by atoms with Gasteiger partial charge in [-0.1, -0.05) is 0 Å². The number of piperidine rings is 1. The summed E-state index contributed by atoms with van der Waals surface area (Å²) in [4.78, 5) is 6.48. The van der Waals surface area contributed by atoms with Crippen LogP contribution in [0.5, 0.6) is 5.75 Å².